The Morgan fingerprint density at radius 3 is 2.09 bits per heavy atom. The second-order valence-electron chi connectivity index (χ2n) is 5.56. The van der Waals surface area contributed by atoms with Gasteiger partial charge in [-0.15, -0.1) is 0 Å². The zero-order valence-corrected chi connectivity index (χ0v) is 13.2. The average Bonchev–Trinajstić information content (AvgIpc) is 2.53. The Bertz CT molecular complexity index is 609. The van der Waals surface area contributed by atoms with Crippen LogP contribution in [0.1, 0.15) is 30.1 Å². The molecule has 2 unspecified atom stereocenters. The molecule has 116 valence electrons. The minimum Gasteiger partial charge on any atom is -0.480 e. The van der Waals surface area contributed by atoms with Gasteiger partial charge in [0.25, 0.3) is 0 Å². The molecule has 0 spiro atoms. The normalized spacial score (nSPS) is 13.4. The first kappa shape index (κ1) is 16.0. The van der Waals surface area contributed by atoms with Crippen LogP contribution in [0.15, 0.2) is 54.6 Å². The smallest absolute Gasteiger partial charge is 0.325 e. The number of aliphatic carboxylic acids is 1. The molecule has 0 aliphatic rings. The predicted octanol–water partition coefficient (Wildman–Crippen LogP) is 3.23. The lowest BCUT2D eigenvalue weighted by Gasteiger charge is -2.21. The molecule has 0 aromatic heterocycles. The van der Waals surface area contributed by atoms with Gasteiger partial charge >= 0.3 is 5.97 Å². The lowest BCUT2D eigenvalue weighted by molar-refractivity contribution is -0.139. The second kappa shape index (κ2) is 7.09. The number of hydrogen-bond donors (Lipinski definition) is 2. The lowest BCUT2D eigenvalue weighted by Crippen LogP contribution is -2.30. The maximum atomic E-state index is 11.6. The molecule has 2 aromatic carbocycles. The van der Waals surface area contributed by atoms with Crippen molar-refractivity contribution >= 4 is 11.7 Å². The predicted molar refractivity (Wildman–Crippen MR) is 89.1 cm³/mol. The first-order valence-electron chi connectivity index (χ1n) is 7.30. The van der Waals surface area contributed by atoms with Crippen LogP contribution in [0.4, 0.5) is 5.69 Å². The molecule has 0 fully saturated rings. The maximum Gasteiger partial charge on any atom is 0.325 e. The number of nitrogens with zero attached hydrogens (tertiary/aromatic N) is 1. The van der Waals surface area contributed by atoms with Gasteiger partial charge in [0.05, 0.1) is 0 Å². The van der Waals surface area contributed by atoms with Crippen molar-refractivity contribution < 1.29 is 9.90 Å². The number of hydrogen-bond acceptors (Lipinski definition) is 3. The van der Waals surface area contributed by atoms with Gasteiger partial charge in [-0.25, -0.2) is 0 Å². The molecule has 2 aromatic rings. The number of benzene rings is 2. The molecular formula is C18H22N2O2. The monoisotopic (exact) mass is 298 g/mol. The van der Waals surface area contributed by atoms with E-state index in [-0.39, 0.29) is 6.04 Å². The Balaban J connectivity index is 2.18. The van der Waals surface area contributed by atoms with E-state index in [0.717, 1.165) is 16.8 Å². The van der Waals surface area contributed by atoms with Crippen LogP contribution < -0.4 is 10.2 Å². The molecular weight excluding hydrogens is 276 g/mol. The van der Waals surface area contributed by atoms with E-state index in [2.05, 4.69) is 5.32 Å². The van der Waals surface area contributed by atoms with E-state index in [1.54, 1.807) is 0 Å². The number of carboxylic acid groups (broad SMARTS) is 1. The zero-order chi connectivity index (χ0) is 16.1. The standard InChI is InChI=1S/C18H22N2O2/c1-13(14-7-5-4-6-8-14)19-17(18(21)22)15-9-11-16(12-10-15)20(2)3/h4-13,17,19H,1-3H3,(H,21,22). The highest BCUT2D eigenvalue weighted by molar-refractivity contribution is 5.76. The molecule has 4 nitrogen and oxygen atoms in total. The highest BCUT2D eigenvalue weighted by Gasteiger charge is 2.22. The Morgan fingerprint density at radius 2 is 1.59 bits per heavy atom. The molecule has 0 radical (unpaired) electrons. The van der Waals surface area contributed by atoms with Gasteiger partial charge in [-0.05, 0) is 30.2 Å². The van der Waals surface area contributed by atoms with Gasteiger partial charge in [0.15, 0.2) is 0 Å². The summed E-state index contributed by atoms with van der Waals surface area (Å²) in [6.45, 7) is 1.97. The van der Waals surface area contributed by atoms with Crippen molar-refractivity contribution in [1.29, 1.82) is 0 Å². The summed E-state index contributed by atoms with van der Waals surface area (Å²) in [6.07, 6.45) is 0. The van der Waals surface area contributed by atoms with Crippen molar-refractivity contribution in [3.8, 4) is 0 Å². The van der Waals surface area contributed by atoms with Crippen LogP contribution in [0.2, 0.25) is 0 Å². The van der Waals surface area contributed by atoms with Crippen LogP contribution in [0, 0.1) is 0 Å². The van der Waals surface area contributed by atoms with Crippen molar-refractivity contribution in [3.63, 3.8) is 0 Å². The first-order valence-corrected chi connectivity index (χ1v) is 7.30. The van der Waals surface area contributed by atoms with Crippen LogP contribution in [0.5, 0.6) is 0 Å². The number of nitrogens with one attached hydrogen (secondary N) is 1. The molecule has 0 amide bonds. The van der Waals surface area contributed by atoms with E-state index in [0.29, 0.717) is 0 Å². The van der Waals surface area contributed by atoms with Gasteiger partial charge < -0.3 is 10.0 Å². The quantitative estimate of drug-likeness (QED) is 0.859. The summed E-state index contributed by atoms with van der Waals surface area (Å²) in [6, 6.07) is 16.6. The van der Waals surface area contributed by atoms with E-state index in [9.17, 15) is 9.90 Å². The van der Waals surface area contributed by atoms with E-state index >= 15 is 0 Å². The number of rotatable bonds is 6. The van der Waals surface area contributed by atoms with Gasteiger partial charge in [0.1, 0.15) is 6.04 Å². The lowest BCUT2D eigenvalue weighted by atomic mass is 10.0. The third-order valence-electron chi connectivity index (χ3n) is 3.71. The van der Waals surface area contributed by atoms with Crippen molar-refractivity contribution in [2.24, 2.45) is 0 Å². The van der Waals surface area contributed by atoms with Crippen LogP contribution >= 0.6 is 0 Å². The molecule has 0 saturated heterocycles. The van der Waals surface area contributed by atoms with E-state index in [1.807, 2.05) is 80.5 Å². The van der Waals surface area contributed by atoms with Crippen LogP contribution in [0.3, 0.4) is 0 Å². The van der Waals surface area contributed by atoms with E-state index < -0.39 is 12.0 Å². The first-order chi connectivity index (χ1) is 10.5. The van der Waals surface area contributed by atoms with Crippen LogP contribution in [-0.2, 0) is 4.79 Å². The molecule has 0 aliphatic heterocycles. The number of anilines is 1. The van der Waals surface area contributed by atoms with Gasteiger partial charge in [-0.2, -0.15) is 0 Å². The molecule has 0 saturated carbocycles. The summed E-state index contributed by atoms with van der Waals surface area (Å²) >= 11 is 0. The summed E-state index contributed by atoms with van der Waals surface area (Å²) < 4.78 is 0. The Kier molecular flexibility index (Phi) is 5.17. The second-order valence-corrected chi connectivity index (χ2v) is 5.56. The van der Waals surface area contributed by atoms with Crippen LogP contribution in [0.25, 0.3) is 0 Å². The van der Waals surface area contributed by atoms with Crippen molar-refractivity contribution in [1.82, 2.24) is 5.32 Å². The third kappa shape index (κ3) is 3.86. The fraction of sp³-hybridized carbons (Fsp3) is 0.278. The molecule has 2 atom stereocenters. The van der Waals surface area contributed by atoms with Crippen LogP contribution in [-0.4, -0.2) is 25.2 Å². The van der Waals surface area contributed by atoms with Crippen molar-refractivity contribution in [2.75, 3.05) is 19.0 Å². The molecule has 2 N–H and O–H groups in total. The summed E-state index contributed by atoms with van der Waals surface area (Å²) in [5.74, 6) is -0.875. The largest absolute Gasteiger partial charge is 0.480 e. The summed E-state index contributed by atoms with van der Waals surface area (Å²) in [7, 11) is 3.92. The van der Waals surface area contributed by atoms with Gasteiger partial charge in [0, 0.05) is 25.8 Å². The SMILES string of the molecule is CC(NC(C(=O)O)c1ccc(N(C)C)cc1)c1ccccc1. The number of carboxylic acids is 1. The highest BCUT2D eigenvalue weighted by atomic mass is 16.4. The topological polar surface area (TPSA) is 52.6 Å². The van der Waals surface area contributed by atoms with Gasteiger partial charge in [-0.3, -0.25) is 10.1 Å². The molecule has 2 rings (SSSR count). The summed E-state index contributed by atoms with van der Waals surface area (Å²) in [4.78, 5) is 13.6. The molecule has 0 heterocycles. The van der Waals surface area contributed by atoms with Gasteiger partial charge in [0.2, 0.25) is 0 Å². The maximum absolute atomic E-state index is 11.6. The molecule has 0 bridgehead atoms. The minimum atomic E-state index is -0.875. The fourth-order valence-electron chi connectivity index (χ4n) is 2.36. The number of carbonyl (C=O) groups is 1. The fourth-order valence-corrected chi connectivity index (χ4v) is 2.36. The van der Waals surface area contributed by atoms with Gasteiger partial charge in [-0.1, -0.05) is 42.5 Å². The van der Waals surface area contributed by atoms with E-state index in [4.69, 9.17) is 0 Å². The third-order valence-corrected chi connectivity index (χ3v) is 3.71. The molecule has 4 heteroatoms. The van der Waals surface area contributed by atoms with E-state index in [1.165, 1.54) is 0 Å². The Hall–Kier alpha value is -2.33. The minimum absolute atomic E-state index is 0.0455. The zero-order valence-electron chi connectivity index (χ0n) is 13.2. The summed E-state index contributed by atoms with van der Waals surface area (Å²) in [5, 5.41) is 12.7. The Labute approximate surface area is 131 Å². The van der Waals surface area contributed by atoms with Crippen molar-refractivity contribution in [2.45, 2.75) is 19.0 Å². The Morgan fingerprint density at radius 1 is 1.00 bits per heavy atom. The molecule has 22 heavy (non-hydrogen) atoms. The highest BCUT2D eigenvalue weighted by Crippen LogP contribution is 2.22. The average molecular weight is 298 g/mol. The van der Waals surface area contributed by atoms with Crippen molar-refractivity contribution in [3.05, 3.63) is 65.7 Å². The summed E-state index contributed by atoms with van der Waals surface area (Å²) in [5.41, 5.74) is 2.86. The molecule has 0 aliphatic carbocycles.